The molecule has 0 aliphatic carbocycles. The smallest absolute Gasteiger partial charge is 0.356 e. The molecular weight excluding hydrogens is 278 g/mol. The Hall–Kier alpha value is -2.22. The second-order valence-corrected chi connectivity index (χ2v) is 4.92. The lowest BCUT2D eigenvalue weighted by Gasteiger charge is -2.32. The summed E-state index contributed by atoms with van der Waals surface area (Å²) >= 11 is 0. The summed E-state index contributed by atoms with van der Waals surface area (Å²) < 4.78 is 4.59. The highest BCUT2D eigenvalue weighted by atomic mass is 16.6. The Labute approximate surface area is 121 Å². The summed E-state index contributed by atoms with van der Waals surface area (Å²) in [6.07, 6.45) is 1.68. The number of ether oxygens (including phenoxy) is 1. The van der Waals surface area contributed by atoms with E-state index < -0.39 is 10.9 Å². The van der Waals surface area contributed by atoms with Crippen LogP contribution in [0.5, 0.6) is 0 Å². The molecule has 0 saturated carbocycles. The van der Waals surface area contributed by atoms with Gasteiger partial charge in [-0.2, -0.15) is 0 Å². The maximum atomic E-state index is 11.5. The first-order valence-electron chi connectivity index (χ1n) is 6.66. The number of hydrogen-bond donors (Lipinski definition) is 1. The number of pyridine rings is 1. The van der Waals surface area contributed by atoms with Gasteiger partial charge in [0.05, 0.1) is 12.0 Å². The van der Waals surface area contributed by atoms with Gasteiger partial charge >= 0.3 is 11.7 Å². The second kappa shape index (κ2) is 6.49. The zero-order valence-corrected chi connectivity index (χ0v) is 11.7. The molecule has 1 atom stereocenters. The number of esters is 1. The van der Waals surface area contributed by atoms with Crippen molar-refractivity contribution in [3.63, 3.8) is 0 Å². The van der Waals surface area contributed by atoms with Crippen molar-refractivity contribution < 1.29 is 19.6 Å². The van der Waals surface area contributed by atoms with Crippen LogP contribution in [0.1, 0.15) is 23.3 Å². The Morgan fingerprint density at radius 3 is 3.00 bits per heavy atom. The molecular formula is C13H17N3O5. The van der Waals surface area contributed by atoms with Gasteiger partial charge in [-0.3, -0.25) is 10.1 Å². The molecule has 1 aliphatic heterocycles. The first-order chi connectivity index (χ1) is 10.1. The molecule has 0 radical (unpaired) electrons. The van der Waals surface area contributed by atoms with Gasteiger partial charge in [0.1, 0.15) is 0 Å². The first kappa shape index (κ1) is 15.2. The maximum absolute atomic E-state index is 11.5. The van der Waals surface area contributed by atoms with Gasteiger partial charge in [0.2, 0.25) is 5.82 Å². The molecule has 1 unspecified atom stereocenters. The number of anilines is 1. The number of methoxy groups -OCH3 is 1. The molecule has 0 spiro atoms. The predicted octanol–water partition coefficient (Wildman–Crippen LogP) is 0.985. The highest BCUT2D eigenvalue weighted by Crippen LogP contribution is 2.30. The largest absolute Gasteiger partial charge is 0.464 e. The number of piperidine rings is 1. The summed E-state index contributed by atoms with van der Waals surface area (Å²) in [5, 5.41) is 20.4. The van der Waals surface area contributed by atoms with Crippen LogP contribution < -0.4 is 4.90 Å². The van der Waals surface area contributed by atoms with Gasteiger partial charge in [-0.05, 0) is 24.8 Å². The van der Waals surface area contributed by atoms with Crippen LogP contribution in [0.15, 0.2) is 12.1 Å². The van der Waals surface area contributed by atoms with E-state index in [4.69, 9.17) is 0 Å². The molecule has 21 heavy (non-hydrogen) atoms. The predicted molar refractivity (Wildman–Crippen MR) is 74.3 cm³/mol. The zero-order chi connectivity index (χ0) is 15.4. The number of rotatable bonds is 4. The fraction of sp³-hybridized carbons (Fsp3) is 0.538. The van der Waals surface area contributed by atoms with Crippen molar-refractivity contribution in [3.05, 3.63) is 27.9 Å². The summed E-state index contributed by atoms with van der Waals surface area (Å²) in [7, 11) is 1.23. The number of nitro groups is 1. The van der Waals surface area contributed by atoms with E-state index in [-0.39, 0.29) is 29.7 Å². The normalized spacial score (nSPS) is 18.4. The van der Waals surface area contributed by atoms with Crippen molar-refractivity contribution in [2.45, 2.75) is 12.8 Å². The summed E-state index contributed by atoms with van der Waals surface area (Å²) in [5.74, 6) is -0.426. The SMILES string of the molecule is COC(=O)c1ccc([N+](=O)[O-])c(N2CCCC(CO)C2)n1. The van der Waals surface area contributed by atoms with Crippen molar-refractivity contribution >= 4 is 17.5 Å². The van der Waals surface area contributed by atoms with Gasteiger partial charge in [0.15, 0.2) is 5.69 Å². The van der Waals surface area contributed by atoms with Gasteiger partial charge in [0.25, 0.3) is 0 Å². The van der Waals surface area contributed by atoms with Crippen molar-refractivity contribution in [1.29, 1.82) is 0 Å². The number of carbonyl (C=O) groups excluding carboxylic acids is 1. The third kappa shape index (κ3) is 3.27. The Morgan fingerprint density at radius 1 is 1.62 bits per heavy atom. The molecule has 8 heteroatoms. The molecule has 1 aromatic rings. The van der Waals surface area contributed by atoms with E-state index in [1.54, 1.807) is 4.90 Å². The lowest BCUT2D eigenvalue weighted by molar-refractivity contribution is -0.384. The highest BCUT2D eigenvalue weighted by molar-refractivity contribution is 5.88. The van der Waals surface area contributed by atoms with Crippen LogP contribution in [0.2, 0.25) is 0 Å². The number of aromatic nitrogens is 1. The third-order valence-electron chi connectivity index (χ3n) is 3.52. The van der Waals surface area contributed by atoms with Crippen LogP contribution in [-0.2, 0) is 4.74 Å². The molecule has 8 nitrogen and oxygen atoms in total. The Balaban J connectivity index is 2.38. The van der Waals surface area contributed by atoms with E-state index in [0.29, 0.717) is 13.1 Å². The van der Waals surface area contributed by atoms with Crippen LogP contribution in [0.4, 0.5) is 11.5 Å². The minimum absolute atomic E-state index is 0.0288. The topological polar surface area (TPSA) is 106 Å². The van der Waals surface area contributed by atoms with Crippen LogP contribution in [0.3, 0.4) is 0 Å². The van der Waals surface area contributed by atoms with Crippen molar-refractivity contribution in [3.8, 4) is 0 Å². The summed E-state index contributed by atoms with van der Waals surface area (Å²) in [6.45, 7) is 1.12. The number of aliphatic hydroxyl groups excluding tert-OH is 1. The van der Waals surface area contributed by atoms with Gasteiger partial charge in [0, 0.05) is 25.8 Å². The van der Waals surface area contributed by atoms with Crippen LogP contribution in [0, 0.1) is 16.0 Å². The molecule has 1 fully saturated rings. The quantitative estimate of drug-likeness (QED) is 0.501. The van der Waals surface area contributed by atoms with Gasteiger partial charge < -0.3 is 14.7 Å². The van der Waals surface area contributed by atoms with Crippen LogP contribution >= 0.6 is 0 Å². The fourth-order valence-corrected chi connectivity index (χ4v) is 2.44. The molecule has 2 heterocycles. The van der Waals surface area contributed by atoms with Gasteiger partial charge in [-0.1, -0.05) is 0 Å². The van der Waals surface area contributed by atoms with Crippen molar-refractivity contribution in [1.82, 2.24) is 4.98 Å². The Kier molecular flexibility index (Phi) is 4.69. The minimum atomic E-state index is -0.637. The van der Waals surface area contributed by atoms with Gasteiger partial charge in [-0.25, -0.2) is 9.78 Å². The molecule has 1 N–H and O–H groups in total. The molecule has 1 saturated heterocycles. The van der Waals surface area contributed by atoms with Crippen molar-refractivity contribution in [2.75, 3.05) is 31.7 Å². The summed E-state index contributed by atoms with van der Waals surface area (Å²) in [4.78, 5) is 28.0. The third-order valence-corrected chi connectivity index (χ3v) is 3.52. The fourth-order valence-electron chi connectivity index (χ4n) is 2.44. The number of carbonyl (C=O) groups is 1. The Morgan fingerprint density at radius 2 is 2.38 bits per heavy atom. The second-order valence-electron chi connectivity index (χ2n) is 4.92. The molecule has 1 aliphatic rings. The van der Waals surface area contributed by atoms with Crippen molar-refractivity contribution in [2.24, 2.45) is 5.92 Å². The van der Waals surface area contributed by atoms with E-state index >= 15 is 0 Å². The lowest BCUT2D eigenvalue weighted by atomic mass is 9.99. The van der Waals surface area contributed by atoms with Gasteiger partial charge in [-0.15, -0.1) is 0 Å². The minimum Gasteiger partial charge on any atom is -0.464 e. The highest BCUT2D eigenvalue weighted by Gasteiger charge is 2.27. The number of hydrogen-bond acceptors (Lipinski definition) is 7. The summed E-state index contributed by atoms with van der Waals surface area (Å²) in [6, 6.07) is 2.54. The summed E-state index contributed by atoms with van der Waals surface area (Å²) in [5.41, 5.74) is -0.120. The van der Waals surface area contributed by atoms with Crippen LogP contribution in [0.25, 0.3) is 0 Å². The maximum Gasteiger partial charge on any atom is 0.356 e. The molecule has 0 amide bonds. The van der Waals surface area contributed by atoms with E-state index in [0.717, 1.165) is 12.8 Å². The molecule has 0 aromatic carbocycles. The average molecular weight is 295 g/mol. The monoisotopic (exact) mass is 295 g/mol. The average Bonchev–Trinajstić information content (AvgIpc) is 2.53. The van der Waals surface area contributed by atoms with E-state index in [9.17, 15) is 20.0 Å². The van der Waals surface area contributed by atoms with Crippen LogP contribution in [-0.4, -0.2) is 47.8 Å². The molecule has 114 valence electrons. The first-order valence-corrected chi connectivity index (χ1v) is 6.66. The Bertz CT molecular complexity index is 549. The molecule has 0 bridgehead atoms. The standard InChI is InChI=1S/C13H17N3O5/c1-21-13(18)10-4-5-11(16(19)20)12(14-10)15-6-2-3-9(7-15)8-17/h4-5,9,17H,2-3,6-8H2,1H3. The zero-order valence-electron chi connectivity index (χ0n) is 11.7. The van der Waals surface area contributed by atoms with E-state index in [2.05, 4.69) is 9.72 Å². The number of aliphatic hydroxyl groups is 1. The van der Waals surface area contributed by atoms with E-state index in [1.165, 1.54) is 19.2 Å². The van der Waals surface area contributed by atoms with E-state index in [1.807, 2.05) is 0 Å². The molecule has 2 rings (SSSR count). The molecule has 1 aromatic heterocycles. The lowest BCUT2D eigenvalue weighted by Crippen LogP contribution is -2.37. The number of nitrogens with zero attached hydrogens (tertiary/aromatic N) is 3.